The lowest BCUT2D eigenvalue weighted by Crippen LogP contribution is -2.54. The van der Waals surface area contributed by atoms with Crippen LogP contribution in [0.15, 0.2) is 29.1 Å². The standard InChI is InChI=1S/C26H31N5O5/c1-26(2,3)36-25(33)29-9-10-30-19(14-29)15-31-23(30)12-22(28-24(31)32)34-16-17-7-8-21(18(11-17)13-27)35-20-5-4-6-20/h7-8,11-12,19-20H,4-6,9-10,14-16H2,1-3H3. The molecule has 1 unspecified atom stereocenters. The van der Waals surface area contributed by atoms with Crippen molar-refractivity contribution in [1.29, 1.82) is 5.26 Å². The Morgan fingerprint density at radius 3 is 2.69 bits per heavy atom. The van der Waals surface area contributed by atoms with Gasteiger partial charge in [0.15, 0.2) is 0 Å². The number of benzene rings is 1. The number of aromatic nitrogens is 2. The molecular formula is C26H31N5O5. The summed E-state index contributed by atoms with van der Waals surface area (Å²) < 4.78 is 18.9. The highest BCUT2D eigenvalue weighted by Crippen LogP contribution is 2.31. The fourth-order valence-electron chi connectivity index (χ4n) is 4.66. The summed E-state index contributed by atoms with van der Waals surface area (Å²) in [4.78, 5) is 33.2. The zero-order chi connectivity index (χ0) is 25.4. The highest BCUT2D eigenvalue weighted by Gasteiger charge is 2.38. The highest BCUT2D eigenvalue weighted by atomic mass is 16.6. The molecule has 190 valence electrons. The minimum atomic E-state index is -0.558. The molecule has 0 spiro atoms. The first-order valence-electron chi connectivity index (χ1n) is 12.4. The number of piperazine rings is 1. The Hall–Kier alpha value is -3.74. The second-order valence-electron chi connectivity index (χ2n) is 10.5. The number of ether oxygens (including phenoxy) is 3. The number of amides is 1. The number of carbonyl (C=O) groups is 1. The van der Waals surface area contributed by atoms with Crippen LogP contribution in [-0.4, -0.2) is 57.9 Å². The quantitative estimate of drug-likeness (QED) is 0.625. The van der Waals surface area contributed by atoms with Gasteiger partial charge in [-0.15, -0.1) is 0 Å². The number of nitrogens with zero attached hydrogens (tertiary/aromatic N) is 5. The SMILES string of the molecule is CC(C)(C)OC(=O)N1CCN2c3cc(OCc4ccc(OC5CCC5)c(C#N)c4)nc(=O)n3CC2C1. The van der Waals surface area contributed by atoms with Crippen molar-refractivity contribution in [1.82, 2.24) is 14.5 Å². The van der Waals surface area contributed by atoms with E-state index in [1.807, 2.05) is 26.8 Å². The Morgan fingerprint density at radius 1 is 1.19 bits per heavy atom. The summed E-state index contributed by atoms with van der Waals surface area (Å²) in [5.41, 5.74) is 0.315. The third kappa shape index (κ3) is 4.96. The fourth-order valence-corrected chi connectivity index (χ4v) is 4.66. The van der Waals surface area contributed by atoms with E-state index in [-0.39, 0.29) is 36.4 Å². The largest absolute Gasteiger partial charge is 0.489 e. The third-order valence-electron chi connectivity index (χ3n) is 6.68. The topological polar surface area (TPSA) is 110 Å². The van der Waals surface area contributed by atoms with E-state index in [2.05, 4.69) is 16.0 Å². The molecule has 1 saturated carbocycles. The van der Waals surface area contributed by atoms with Crippen molar-refractivity contribution in [2.75, 3.05) is 24.5 Å². The number of hydrogen-bond acceptors (Lipinski definition) is 8. The Bertz CT molecular complexity index is 1260. The van der Waals surface area contributed by atoms with Gasteiger partial charge in [-0.25, -0.2) is 9.59 Å². The summed E-state index contributed by atoms with van der Waals surface area (Å²) in [5, 5.41) is 9.53. The third-order valence-corrected chi connectivity index (χ3v) is 6.68. The van der Waals surface area contributed by atoms with E-state index in [9.17, 15) is 14.9 Å². The molecule has 2 fully saturated rings. The van der Waals surface area contributed by atoms with Crippen molar-refractivity contribution in [3.63, 3.8) is 0 Å². The van der Waals surface area contributed by atoms with Gasteiger partial charge in [-0.1, -0.05) is 6.07 Å². The summed E-state index contributed by atoms with van der Waals surface area (Å²) >= 11 is 0. The molecule has 10 nitrogen and oxygen atoms in total. The molecule has 2 aromatic rings. The molecular weight excluding hydrogens is 462 g/mol. The predicted molar refractivity (Wildman–Crippen MR) is 131 cm³/mol. The van der Waals surface area contributed by atoms with Crippen LogP contribution in [0.4, 0.5) is 10.6 Å². The Labute approximate surface area is 210 Å². The predicted octanol–water partition coefficient (Wildman–Crippen LogP) is 3.06. The van der Waals surface area contributed by atoms with Crippen LogP contribution in [0.5, 0.6) is 11.6 Å². The van der Waals surface area contributed by atoms with Gasteiger partial charge in [0.1, 0.15) is 29.8 Å². The summed E-state index contributed by atoms with van der Waals surface area (Å²) in [6, 6.07) is 9.34. The van der Waals surface area contributed by atoms with E-state index >= 15 is 0 Å². The lowest BCUT2D eigenvalue weighted by molar-refractivity contribution is 0.0216. The number of nitriles is 1. The zero-order valence-electron chi connectivity index (χ0n) is 20.9. The maximum atomic E-state index is 12.8. The van der Waals surface area contributed by atoms with Gasteiger partial charge in [0, 0.05) is 25.7 Å². The van der Waals surface area contributed by atoms with Crippen LogP contribution in [0.1, 0.15) is 51.2 Å². The van der Waals surface area contributed by atoms with Crippen LogP contribution in [0.25, 0.3) is 0 Å². The van der Waals surface area contributed by atoms with Crippen molar-refractivity contribution >= 4 is 11.9 Å². The molecule has 1 amide bonds. The number of anilines is 1. The van der Waals surface area contributed by atoms with Gasteiger partial charge in [-0.05, 0) is 57.7 Å². The highest BCUT2D eigenvalue weighted by molar-refractivity contribution is 5.69. The first kappa shape index (κ1) is 24.0. The minimum Gasteiger partial charge on any atom is -0.489 e. The summed E-state index contributed by atoms with van der Waals surface area (Å²) in [7, 11) is 0. The molecule has 1 aromatic carbocycles. The summed E-state index contributed by atoms with van der Waals surface area (Å²) in [6.45, 7) is 7.72. The van der Waals surface area contributed by atoms with E-state index in [0.717, 1.165) is 30.6 Å². The van der Waals surface area contributed by atoms with Crippen molar-refractivity contribution in [2.45, 2.75) is 70.9 Å². The molecule has 36 heavy (non-hydrogen) atoms. The van der Waals surface area contributed by atoms with Crippen molar-refractivity contribution in [3.05, 3.63) is 45.9 Å². The molecule has 2 aliphatic heterocycles. The second kappa shape index (κ2) is 9.37. The van der Waals surface area contributed by atoms with E-state index in [4.69, 9.17) is 14.2 Å². The monoisotopic (exact) mass is 493 g/mol. The molecule has 0 bridgehead atoms. The smallest absolute Gasteiger partial charge is 0.410 e. The molecule has 1 aliphatic carbocycles. The first-order valence-corrected chi connectivity index (χ1v) is 12.4. The van der Waals surface area contributed by atoms with Crippen LogP contribution in [0, 0.1) is 11.3 Å². The zero-order valence-corrected chi connectivity index (χ0v) is 20.9. The molecule has 1 aromatic heterocycles. The minimum absolute atomic E-state index is 0.0302. The van der Waals surface area contributed by atoms with Gasteiger partial charge in [-0.3, -0.25) is 4.57 Å². The Balaban J connectivity index is 1.25. The second-order valence-corrected chi connectivity index (χ2v) is 10.5. The molecule has 3 aliphatic rings. The van der Waals surface area contributed by atoms with Crippen LogP contribution >= 0.6 is 0 Å². The Kier molecular flexibility index (Phi) is 6.24. The molecule has 1 saturated heterocycles. The number of rotatable bonds is 5. The molecule has 1 atom stereocenters. The van der Waals surface area contributed by atoms with Gasteiger partial charge in [-0.2, -0.15) is 10.2 Å². The van der Waals surface area contributed by atoms with E-state index in [0.29, 0.717) is 37.5 Å². The van der Waals surface area contributed by atoms with Gasteiger partial charge in [0.2, 0.25) is 5.88 Å². The lowest BCUT2D eigenvalue weighted by Gasteiger charge is -2.38. The molecule has 5 rings (SSSR count). The average Bonchev–Trinajstić information content (AvgIpc) is 3.18. The molecule has 0 radical (unpaired) electrons. The van der Waals surface area contributed by atoms with E-state index in [1.165, 1.54) is 0 Å². The maximum Gasteiger partial charge on any atom is 0.410 e. The van der Waals surface area contributed by atoms with Crippen LogP contribution in [-0.2, 0) is 17.9 Å². The van der Waals surface area contributed by atoms with Crippen molar-refractivity contribution in [3.8, 4) is 17.7 Å². The summed E-state index contributed by atoms with van der Waals surface area (Å²) in [6.07, 6.45) is 3.05. The van der Waals surface area contributed by atoms with Gasteiger partial charge in [0.25, 0.3) is 0 Å². The van der Waals surface area contributed by atoms with Gasteiger partial charge < -0.3 is 24.0 Å². The maximum absolute atomic E-state index is 12.8. The summed E-state index contributed by atoms with van der Waals surface area (Å²) in [5.74, 6) is 1.56. The number of carbonyl (C=O) groups excluding carboxylic acids is 1. The average molecular weight is 494 g/mol. The Morgan fingerprint density at radius 2 is 2.00 bits per heavy atom. The van der Waals surface area contributed by atoms with E-state index in [1.54, 1.807) is 27.7 Å². The molecule has 0 N–H and O–H groups in total. The van der Waals surface area contributed by atoms with Crippen LogP contribution in [0.2, 0.25) is 0 Å². The number of fused-ring (bicyclic) bond motifs is 3. The van der Waals surface area contributed by atoms with Crippen LogP contribution in [0.3, 0.4) is 0 Å². The van der Waals surface area contributed by atoms with Crippen LogP contribution < -0.4 is 20.1 Å². The van der Waals surface area contributed by atoms with E-state index < -0.39 is 5.60 Å². The van der Waals surface area contributed by atoms with Crippen molar-refractivity contribution in [2.24, 2.45) is 0 Å². The molecule has 3 heterocycles. The van der Waals surface area contributed by atoms with Gasteiger partial charge >= 0.3 is 11.8 Å². The lowest BCUT2D eigenvalue weighted by atomic mass is 9.96. The first-order chi connectivity index (χ1) is 17.2. The molecule has 10 heteroatoms. The van der Waals surface area contributed by atoms with Crippen molar-refractivity contribution < 1.29 is 19.0 Å². The normalized spacial score (nSPS) is 19.1. The fraction of sp³-hybridized carbons (Fsp3) is 0.538. The van der Waals surface area contributed by atoms with Gasteiger partial charge in [0.05, 0.1) is 24.3 Å². The number of hydrogen-bond donors (Lipinski definition) is 0.